The molecule has 0 aromatic heterocycles. The second-order valence-corrected chi connectivity index (χ2v) is 11.3. The molecule has 2 fully saturated rings. The van der Waals surface area contributed by atoms with Crippen LogP contribution in [0.4, 0.5) is 4.39 Å². The van der Waals surface area contributed by atoms with Gasteiger partial charge in [0.05, 0.1) is 0 Å². The molecular formula is C32H45F. The van der Waals surface area contributed by atoms with E-state index in [1.807, 2.05) is 12.1 Å². The second kappa shape index (κ2) is 12.2. The average Bonchev–Trinajstić information content (AvgIpc) is 2.86. The third-order valence-corrected chi connectivity index (χ3v) is 9.02. The Morgan fingerprint density at radius 1 is 0.727 bits per heavy atom. The summed E-state index contributed by atoms with van der Waals surface area (Å²) in [6.45, 7) is 4.88. The summed E-state index contributed by atoms with van der Waals surface area (Å²) in [5.41, 5.74) is 3.77. The van der Waals surface area contributed by atoms with E-state index in [0.29, 0.717) is 0 Å². The summed E-state index contributed by atoms with van der Waals surface area (Å²) < 4.78 is 13.2. The molecular weight excluding hydrogens is 403 g/mol. The van der Waals surface area contributed by atoms with Crippen molar-refractivity contribution >= 4 is 0 Å². The average molecular weight is 449 g/mol. The van der Waals surface area contributed by atoms with Crippen LogP contribution in [-0.2, 0) is 0 Å². The Labute approximate surface area is 202 Å². The summed E-state index contributed by atoms with van der Waals surface area (Å²) in [7, 11) is 0. The maximum absolute atomic E-state index is 13.2. The Bertz CT molecular complexity index is 805. The Morgan fingerprint density at radius 3 is 1.91 bits per heavy atom. The first-order chi connectivity index (χ1) is 16.1. The van der Waals surface area contributed by atoms with Crippen LogP contribution in [0.15, 0.2) is 48.5 Å². The third-order valence-electron chi connectivity index (χ3n) is 9.02. The van der Waals surface area contributed by atoms with Gasteiger partial charge in [0, 0.05) is 0 Å². The zero-order valence-corrected chi connectivity index (χ0v) is 21.1. The Balaban J connectivity index is 1.19. The van der Waals surface area contributed by atoms with E-state index in [-0.39, 0.29) is 5.82 Å². The molecule has 1 unspecified atom stereocenters. The summed E-state index contributed by atoms with van der Waals surface area (Å²) in [6, 6.07) is 15.9. The van der Waals surface area contributed by atoms with Gasteiger partial charge >= 0.3 is 0 Å². The lowest BCUT2D eigenvalue weighted by Gasteiger charge is -2.36. The van der Waals surface area contributed by atoms with E-state index in [2.05, 4.69) is 38.1 Å². The number of unbranched alkanes of at least 4 members (excludes halogenated alkanes) is 2. The minimum atomic E-state index is -0.170. The molecule has 0 N–H and O–H groups in total. The van der Waals surface area contributed by atoms with E-state index < -0.39 is 0 Å². The molecule has 0 amide bonds. The molecule has 2 aromatic rings. The van der Waals surface area contributed by atoms with Crippen molar-refractivity contribution in [3.05, 3.63) is 59.9 Å². The standard InChI is InChI=1S/C32H45F/c1-3-4-5-6-25-7-11-27(12-8-25)24(2)23-26-9-13-28(14-10-26)29-15-17-30(18-16-29)31-19-21-32(33)22-20-31/h15-22,24-28H,3-14,23H2,1-2H3. The van der Waals surface area contributed by atoms with Gasteiger partial charge in [-0.15, -0.1) is 0 Å². The fourth-order valence-corrected chi connectivity index (χ4v) is 6.77. The molecule has 0 radical (unpaired) electrons. The van der Waals surface area contributed by atoms with Gasteiger partial charge in [-0.05, 0) is 103 Å². The zero-order chi connectivity index (χ0) is 23.0. The molecule has 2 aliphatic carbocycles. The van der Waals surface area contributed by atoms with Crippen molar-refractivity contribution in [2.45, 2.75) is 103 Å². The van der Waals surface area contributed by atoms with Crippen LogP contribution in [-0.4, -0.2) is 0 Å². The molecule has 2 aromatic carbocycles. The number of hydrogen-bond donors (Lipinski definition) is 0. The minimum Gasteiger partial charge on any atom is -0.207 e. The van der Waals surface area contributed by atoms with Gasteiger partial charge in [-0.2, -0.15) is 0 Å². The lowest BCUT2D eigenvalue weighted by Crippen LogP contribution is -2.23. The number of halogens is 1. The van der Waals surface area contributed by atoms with Crippen LogP contribution < -0.4 is 0 Å². The van der Waals surface area contributed by atoms with Crippen LogP contribution in [0.2, 0.25) is 0 Å². The molecule has 180 valence electrons. The summed E-state index contributed by atoms with van der Waals surface area (Å²) in [4.78, 5) is 0. The van der Waals surface area contributed by atoms with E-state index >= 15 is 0 Å². The highest BCUT2D eigenvalue weighted by atomic mass is 19.1. The van der Waals surface area contributed by atoms with Gasteiger partial charge in [0.25, 0.3) is 0 Å². The van der Waals surface area contributed by atoms with Crippen molar-refractivity contribution in [2.24, 2.45) is 23.7 Å². The highest BCUT2D eigenvalue weighted by Crippen LogP contribution is 2.42. The molecule has 2 saturated carbocycles. The van der Waals surface area contributed by atoms with Crippen molar-refractivity contribution in [3.8, 4) is 11.1 Å². The summed E-state index contributed by atoms with van der Waals surface area (Å²) in [5, 5.41) is 0. The predicted octanol–water partition coefficient (Wildman–Crippen LogP) is 10.2. The molecule has 0 aliphatic heterocycles. The van der Waals surface area contributed by atoms with Crippen molar-refractivity contribution in [3.63, 3.8) is 0 Å². The van der Waals surface area contributed by atoms with Crippen LogP contribution in [0.1, 0.15) is 109 Å². The third kappa shape index (κ3) is 6.93. The monoisotopic (exact) mass is 448 g/mol. The minimum absolute atomic E-state index is 0.170. The molecule has 1 heteroatoms. The topological polar surface area (TPSA) is 0 Å². The Hall–Kier alpha value is -1.63. The van der Waals surface area contributed by atoms with Crippen LogP contribution in [0.3, 0.4) is 0 Å². The lowest BCUT2D eigenvalue weighted by atomic mass is 9.70. The molecule has 0 bridgehead atoms. The van der Waals surface area contributed by atoms with E-state index in [1.165, 1.54) is 94.6 Å². The van der Waals surface area contributed by atoms with Crippen molar-refractivity contribution in [2.75, 3.05) is 0 Å². The molecule has 4 rings (SSSR count). The van der Waals surface area contributed by atoms with Crippen LogP contribution in [0.25, 0.3) is 11.1 Å². The quantitative estimate of drug-likeness (QED) is 0.335. The Kier molecular flexibility index (Phi) is 9.04. The SMILES string of the molecule is CCCCCC1CCC(C(C)CC2CCC(c3ccc(-c4ccc(F)cc4)cc3)CC2)CC1. The van der Waals surface area contributed by atoms with Crippen molar-refractivity contribution in [1.29, 1.82) is 0 Å². The fraction of sp³-hybridized carbons (Fsp3) is 0.625. The van der Waals surface area contributed by atoms with E-state index in [9.17, 15) is 4.39 Å². The van der Waals surface area contributed by atoms with Gasteiger partial charge in [0.2, 0.25) is 0 Å². The molecule has 0 saturated heterocycles. The summed E-state index contributed by atoms with van der Waals surface area (Å²) in [5.74, 6) is 4.43. The largest absolute Gasteiger partial charge is 0.207 e. The highest BCUT2D eigenvalue weighted by Gasteiger charge is 2.29. The number of benzene rings is 2. The summed E-state index contributed by atoms with van der Waals surface area (Å²) >= 11 is 0. The van der Waals surface area contributed by atoms with Gasteiger partial charge < -0.3 is 0 Å². The first-order valence-corrected chi connectivity index (χ1v) is 14.0. The molecule has 2 aliphatic rings. The second-order valence-electron chi connectivity index (χ2n) is 11.3. The Morgan fingerprint density at radius 2 is 1.30 bits per heavy atom. The maximum atomic E-state index is 13.2. The predicted molar refractivity (Wildman–Crippen MR) is 140 cm³/mol. The highest BCUT2D eigenvalue weighted by molar-refractivity contribution is 5.63. The van der Waals surface area contributed by atoms with Gasteiger partial charge in [-0.25, -0.2) is 4.39 Å². The van der Waals surface area contributed by atoms with Crippen LogP contribution >= 0.6 is 0 Å². The van der Waals surface area contributed by atoms with Gasteiger partial charge in [0.15, 0.2) is 0 Å². The normalized spacial score (nSPS) is 26.8. The number of rotatable bonds is 9. The first kappa shape index (κ1) is 24.5. The van der Waals surface area contributed by atoms with E-state index in [1.54, 1.807) is 12.1 Å². The van der Waals surface area contributed by atoms with Crippen LogP contribution in [0, 0.1) is 29.5 Å². The zero-order valence-electron chi connectivity index (χ0n) is 21.1. The van der Waals surface area contributed by atoms with Crippen molar-refractivity contribution in [1.82, 2.24) is 0 Å². The molecule has 0 spiro atoms. The molecule has 1 atom stereocenters. The number of hydrogen-bond acceptors (Lipinski definition) is 0. The van der Waals surface area contributed by atoms with Gasteiger partial charge in [-0.3, -0.25) is 0 Å². The molecule has 0 nitrogen and oxygen atoms in total. The first-order valence-electron chi connectivity index (χ1n) is 14.0. The van der Waals surface area contributed by atoms with E-state index in [4.69, 9.17) is 0 Å². The van der Waals surface area contributed by atoms with Crippen LogP contribution in [0.5, 0.6) is 0 Å². The molecule has 33 heavy (non-hydrogen) atoms. The smallest absolute Gasteiger partial charge is 0.123 e. The lowest BCUT2D eigenvalue weighted by molar-refractivity contribution is 0.169. The fourth-order valence-electron chi connectivity index (χ4n) is 6.77. The van der Waals surface area contributed by atoms with Gasteiger partial charge in [0.1, 0.15) is 5.82 Å². The summed E-state index contributed by atoms with van der Waals surface area (Å²) in [6.07, 6.45) is 18.7. The van der Waals surface area contributed by atoms with E-state index in [0.717, 1.165) is 35.2 Å². The van der Waals surface area contributed by atoms with Crippen molar-refractivity contribution < 1.29 is 4.39 Å². The van der Waals surface area contributed by atoms with Gasteiger partial charge in [-0.1, -0.05) is 88.8 Å². The maximum Gasteiger partial charge on any atom is 0.123 e. The molecule has 0 heterocycles.